The van der Waals surface area contributed by atoms with Gasteiger partial charge in [0, 0.05) is 0 Å². The van der Waals surface area contributed by atoms with Crippen LogP contribution in [0.3, 0.4) is 0 Å². The molecule has 0 spiro atoms. The predicted octanol–water partition coefficient (Wildman–Crippen LogP) is 2.18. The Morgan fingerprint density at radius 1 is 1.10 bits per heavy atom. The van der Waals surface area contributed by atoms with Gasteiger partial charge in [0.1, 0.15) is 0 Å². The normalized spacial score (nSPS) is 10.8. The van der Waals surface area contributed by atoms with Gasteiger partial charge in [-0.2, -0.15) is 0 Å². The molecule has 1 aromatic rings. The van der Waals surface area contributed by atoms with Crippen molar-refractivity contribution in [1.29, 1.82) is 0 Å². The van der Waals surface area contributed by atoms with Gasteiger partial charge in [-0.05, 0) is 0 Å². The molecule has 0 radical (unpaired) electrons. The molecule has 0 aliphatic carbocycles. The molecule has 0 aliphatic rings. The summed E-state index contributed by atoms with van der Waals surface area (Å²) in [5.74, 6) is 0.919. The molecule has 4 heteroatoms. The van der Waals surface area contributed by atoms with Crippen molar-refractivity contribution in [3.05, 3.63) is 30.3 Å². The van der Waals surface area contributed by atoms with E-state index < -0.39 is 0 Å². The van der Waals surface area contributed by atoms with Crippen molar-refractivity contribution < 1.29 is 16.7 Å². The zero-order valence-electron chi connectivity index (χ0n) is 5.27. The SMILES string of the molecule is [PH2][Ni]([PH2])[O]c1ccccc1. The van der Waals surface area contributed by atoms with E-state index in [1.807, 2.05) is 30.3 Å². The van der Waals surface area contributed by atoms with Crippen molar-refractivity contribution in [2.45, 2.75) is 0 Å². The van der Waals surface area contributed by atoms with E-state index in [1.165, 1.54) is 0 Å². The third kappa shape index (κ3) is 2.97. The van der Waals surface area contributed by atoms with Gasteiger partial charge in [-0.3, -0.25) is 0 Å². The maximum atomic E-state index is 5.38. The van der Waals surface area contributed by atoms with Crippen LogP contribution < -0.4 is 3.88 Å². The first-order valence-corrected chi connectivity index (χ1v) is 7.16. The molecule has 1 nitrogen and oxygen atoms in total. The Bertz CT molecular complexity index is 190. The van der Waals surface area contributed by atoms with E-state index in [-0.39, 0.29) is 12.9 Å². The van der Waals surface area contributed by atoms with E-state index in [2.05, 4.69) is 16.0 Å². The van der Waals surface area contributed by atoms with Crippen molar-refractivity contribution in [3.8, 4) is 5.75 Å². The van der Waals surface area contributed by atoms with Crippen LogP contribution in [0.2, 0.25) is 0 Å². The fourth-order valence-corrected chi connectivity index (χ4v) is 1.66. The molecule has 0 N–H and O–H groups in total. The first-order chi connectivity index (χ1) is 4.79. The Labute approximate surface area is 69.2 Å². The Balaban J connectivity index is 2.59. The summed E-state index contributed by atoms with van der Waals surface area (Å²) in [4.78, 5) is 0. The average Bonchev–Trinajstić information content (AvgIpc) is 1.88. The summed E-state index contributed by atoms with van der Waals surface area (Å²) >= 11 is -0.250. The summed E-state index contributed by atoms with van der Waals surface area (Å²) in [6, 6.07) is 9.77. The Hall–Kier alpha value is 0.374. The summed E-state index contributed by atoms with van der Waals surface area (Å²) in [5.41, 5.74) is 0. The van der Waals surface area contributed by atoms with Crippen LogP contribution in [0.25, 0.3) is 0 Å². The fraction of sp³-hybridized carbons (Fsp3) is 0. The number of hydrogen-bond acceptors (Lipinski definition) is 1. The quantitative estimate of drug-likeness (QED) is 0.545. The molecule has 2 unspecified atom stereocenters. The topological polar surface area (TPSA) is 9.23 Å². The molecular weight excluding hydrogens is 209 g/mol. The molecule has 0 aliphatic heterocycles. The first-order valence-electron chi connectivity index (χ1n) is 2.61. The summed E-state index contributed by atoms with van der Waals surface area (Å²) in [6.45, 7) is 0. The second-order valence-electron chi connectivity index (χ2n) is 1.63. The van der Waals surface area contributed by atoms with Gasteiger partial charge in [-0.1, -0.05) is 0 Å². The van der Waals surface area contributed by atoms with Crippen LogP contribution in [0.1, 0.15) is 0 Å². The van der Waals surface area contributed by atoms with Crippen LogP contribution >= 0.6 is 16.0 Å². The summed E-state index contributed by atoms with van der Waals surface area (Å²) in [5, 5.41) is 0. The predicted molar refractivity (Wildman–Crippen MR) is 46.5 cm³/mol. The average molecular weight is 218 g/mol. The van der Waals surface area contributed by atoms with E-state index >= 15 is 0 Å². The van der Waals surface area contributed by atoms with Crippen LogP contribution in [0.15, 0.2) is 30.3 Å². The van der Waals surface area contributed by atoms with Gasteiger partial charge < -0.3 is 0 Å². The molecule has 1 rings (SSSR count). The third-order valence-electron chi connectivity index (χ3n) is 0.892. The van der Waals surface area contributed by atoms with Crippen molar-refractivity contribution in [2.75, 3.05) is 0 Å². The molecule has 0 aromatic heterocycles. The fourth-order valence-electron chi connectivity index (χ4n) is 0.550. The first kappa shape index (κ1) is 8.47. The van der Waals surface area contributed by atoms with Crippen LogP contribution in [0.5, 0.6) is 5.75 Å². The van der Waals surface area contributed by atoms with Gasteiger partial charge >= 0.3 is 68.9 Å². The Kier molecular flexibility index (Phi) is 3.64. The van der Waals surface area contributed by atoms with Crippen molar-refractivity contribution in [1.82, 2.24) is 0 Å². The molecule has 59 valence electrons. The van der Waals surface area contributed by atoms with Crippen molar-refractivity contribution in [2.24, 2.45) is 0 Å². The molecule has 0 saturated carbocycles. The van der Waals surface area contributed by atoms with Gasteiger partial charge in [-0.25, -0.2) is 0 Å². The van der Waals surface area contributed by atoms with E-state index in [0.29, 0.717) is 0 Å². The molecule has 0 amide bonds. The number of hydrogen-bond donors (Lipinski definition) is 0. The minimum absolute atomic E-state index is 0.250. The molecule has 0 heterocycles. The summed E-state index contributed by atoms with van der Waals surface area (Å²) in [6.07, 6.45) is 0. The van der Waals surface area contributed by atoms with Crippen molar-refractivity contribution in [3.63, 3.8) is 0 Å². The molecular formula is C6H9NiOP2. The maximum absolute atomic E-state index is 5.38. The number of rotatable bonds is 2. The molecule has 0 bridgehead atoms. The zero-order valence-corrected chi connectivity index (χ0v) is 8.56. The summed E-state index contributed by atoms with van der Waals surface area (Å²) in [7, 11) is 5.18. The standard InChI is InChI=1S/C6H6O.Ni.2H2P/c7-6-4-2-1-3-5-6;;;/h1-5,7H;;2*1H2/q;+3;2*-1/p-1. The van der Waals surface area contributed by atoms with E-state index in [1.54, 1.807) is 0 Å². The Morgan fingerprint density at radius 3 is 2.20 bits per heavy atom. The van der Waals surface area contributed by atoms with Gasteiger partial charge in [0.25, 0.3) is 0 Å². The van der Waals surface area contributed by atoms with Gasteiger partial charge in [0.2, 0.25) is 0 Å². The van der Waals surface area contributed by atoms with Gasteiger partial charge in [0.15, 0.2) is 0 Å². The molecule has 1 aromatic carbocycles. The second kappa shape index (κ2) is 4.29. The number of benzene rings is 1. The Morgan fingerprint density at radius 2 is 1.70 bits per heavy atom. The van der Waals surface area contributed by atoms with Gasteiger partial charge in [0.05, 0.1) is 0 Å². The molecule has 0 fully saturated rings. The van der Waals surface area contributed by atoms with E-state index in [0.717, 1.165) is 5.75 Å². The number of para-hydroxylation sites is 1. The van der Waals surface area contributed by atoms with Crippen molar-refractivity contribution >= 4 is 16.0 Å². The molecule has 2 atom stereocenters. The zero-order chi connectivity index (χ0) is 7.40. The summed E-state index contributed by atoms with van der Waals surface area (Å²) < 4.78 is 5.38. The third-order valence-corrected chi connectivity index (χ3v) is 1.97. The van der Waals surface area contributed by atoms with Crippen LogP contribution in [-0.2, 0) is 12.9 Å². The van der Waals surface area contributed by atoms with Gasteiger partial charge in [-0.15, -0.1) is 0 Å². The molecule has 0 saturated heterocycles. The van der Waals surface area contributed by atoms with Crippen LogP contribution in [-0.4, -0.2) is 0 Å². The minimum atomic E-state index is -0.250. The van der Waals surface area contributed by atoms with Crippen LogP contribution in [0.4, 0.5) is 0 Å². The monoisotopic (exact) mass is 217 g/mol. The second-order valence-corrected chi connectivity index (χ2v) is 7.33. The van der Waals surface area contributed by atoms with Crippen LogP contribution in [0, 0.1) is 0 Å². The van der Waals surface area contributed by atoms with E-state index in [4.69, 9.17) is 3.88 Å². The molecule has 10 heavy (non-hydrogen) atoms. The van der Waals surface area contributed by atoms with E-state index in [9.17, 15) is 0 Å².